The summed E-state index contributed by atoms with van der Waals surface area (Å²) < 4.78 is 28.3. The molecule has 3 heterocycles. The van der Waals surface area contributed by atoms with Crippen LogP contribution in [-0.4, -0.2) is 14.5 Å². The van der Waals surface area contributed by atoms with Crippen LogP contribution in [0.25, 0.3) is 27.5 Å². The van der Waals surface area contributed by atoms with Crippen LogP contribution in [0.4, 0.5) is 4.39 Å². The molecule has 0 aliphatic heterocycles. The quantitative estimate of drug-likeness (QED) is 0.165. The largest absolute Gasteiger partial charge is 2.00 e. The molecule has 5 nitrogen and oxygen atoms in total. The molecule has 0 N–H and O–H groups in total. The van der Waals surface area contributed by atoms with Crippen molar-refractivity contribution in [3.05, 3.63) is 114 Å². The smallest absolute Gasteiger partial charge is 0.460 e. The fourth-order valence-corrected chi connectivity index (χ4v) is 4.89. The Morgan fingerprint density at radius 2 is 1.07 bits per heavy atom. The summed E-state index contributed by atoms with van der Waals surface area (Å²) in [5.41, 5.74) is 4.75. The van der Waals surface area contributed by atoms with Gasteiger partial charge in [-0.05, 0) is 58.4 Å². The molecule has 0 amide bonds. The predicted octanol–water partition coefficient (Wildman–Crippen LogP) is 9.49. The first kappa shape index (κ1) is 30.4. The first-order valence-corrected chi connectivity index (χ1v) is 13.9. The Labute approximate surface area is 266 Å². The minimum atomic E-state index is -0.293. The van der Waals surface area contributed by atoms with Gasteiger partial charge in [0.1, 0.15) is 5.82 Å². The summed E-state index contributed by atoms with van der Waals surface area (Å²) in [7, 11) is 0. The van der Waals surface area contributed by atoms with Crippen molar-refractivity contribution < 1.29 is 34.9 Å². The molecule has 43 heavy (non-hydrogen) atoms. The van der Waals surface area contributed by atoms with Gasteiger partial charge in [0.15, 0.2) is 0 Å². The first-order chi connectivity index (χ1) is 20.0. The monoisotopic (exact) mass is 752 g/mol. The number of hydrogen-bond acceptors (Lipinski definition) is 4. The van der Waals surface area contributed by atoms with Gasteiger partial charge in [0.05, 0.1) is 0 Å². The fourth-order valence-electron chi connectivity index (χ4n) is 4.89. The zero-order valence-electron chi connectivity index (χ0n) is 24.9. The minimum Gasteiger partial charge on any atom is -0.460 e. The van der Waals surface area contributed by atoms with Crippen molar-refractivity contribution in [2.24, 2.45) is 0 Å². The molecule has 3 aromatic carbocycles. The summed E-state index contributed by atoms with van der Waals surface area (Å²) in [4.78, 5) is 8.84. The van der Waals surface area contributed by atoms with Crippen LogP contribution in [0.2, 0.25) is 0 Å². The average Bonchev–Trinajstić information content (AvgIpc) is 3.26. The van der Waals surface area contributed by atoms with E-state index in [2.05, 4.69) is 68.2 Å². The van der Waals surface area contributed by atoms with Crippen molar-refractivity contribution in [2.75, 3.05) is 0 Å². The SMILES string of the molecule is CC(C)(C)c1ccnc(Oc2[c-]c3c4[c-]c(Oc5cc(C(C)(C)C)ccn5)ccc4n(-c4ccc(F)cc4)c3cc2)c1.[Pt+2]. The van der Waals surface area contributed by atoms with Gasteiger partial charge in [-0.25, -0.2) is 14.4 Å². The summed E-state index contributed by atoms with van der Waals surface area (Å²) >= 11 is 0. The third kappa shape index (κ3) is 6.35. The molecule has 6 rings (SSSR count). The number of benzene rings is 3. The third-order valence-electron chi connectivity index (χ3n) is 7.24. The second-order valence-corrected chi connectivity index (χ2v) is 12.4. The standard InChI is InChI=1S/C36H32FN3O2.Pt/c1-35(2,3)23-15-17-38-33(19-23)41-27-11-13-31-29(21-27)30-22-28(42-34-20-24(16-18-39-34)36(4,5)6)12-14-32(30)40(31)26-9-7-25(37)8-10-26;/h7-20H,1-6H3;/q-2;+2. The van der Waals surface area contributed by atoms with E-state index in [1.807, 2.05) is 48.5 Å². The average molecular weight is 753 g/mol. The van der Waals surface area contributed by atoms with Gasteiger partial charge in [0.25, 0.3) is 0 Å². The number of aromatic nitrogens is 3. The zero-order valence-corrected chi connectivity index (χ0v) is 27.2. The number of ether oxygens (including phenoxy) is 2. The van der Waals surface area contributed by atoms with Crippen molar-refractivity contribution in [1.29, 1.82) is 0 Å². The van der Waals surface area contributed by atoms with Crippen LogP contribution in [0.3, 0.4) is 0 Å². The van der Waals surface area contributed by atoms with Gasteiger partial charge in [-0.2, -0.15) is 10.8 Å². The van der Waals surface area contributed by atoms with Gasteiger partial charge in [0, 0.05) is 41.7 Å². The molecule has 0 unspecified atom stereocenters. The van der Waals surface area contributed by atoms with Crippen LogP contribution < -0.4 is 9.47 Å². The van der Waals surface area contributed by atoms with E-state index in [1.165, 1.54) is 12.1 Å². The molecule has 0 saturated heterocycles. The Kier molecular flexibility index (Phi) is 8.19. The van der Waals surface area contributed by atoms with E-state index >= 15 is 0 Å². The molecule has 0 fully saturated rings. The van der Waals surface area contributed by atoms with E-state index in [9.17, 15) is 4.39 Å². The van der Waals surface area contributed by atoms with Gasteiger partial charge >= 0.3 is 21.1 Å². The van der Waals surface area contributed by atoms with Gasteiger partial charge < -0.3 is 14.0 Å². The molecule has 220 valence electrons. The van der Waals surface area contributed by atoms with Crippen LogP contribution in [0.1, 0.15) is 52.7 Å². The number of pyridine rings is 2. The van der Waals surface area contributed by atoms with Gasteiger partial charge in [-0.1, -0.05) is 52.6 Å². The molecule has 0 spiro atoms. The first-order valence-electron chi connectivity index (χ1n) is 13.9. The minimum absolute atomic E-state index is 0. The molecule has 0 aliphatic carbocycles. The maximum absolute atomic E-state index is 13.8. The Hall–Kier alpha value is -4.02. The fraction of sp³-hybridized carbons (Fsp3) is 0.222. The number of fused-ring (bicyclic) bond motifs is 3. The topological polar surface area (TPSA) is 49.2 Å². The van der Waals surface area contributed by atoms with Crippen molar-refractivity contribution >= 4 is 21.8 Å². The van der Waals surface area contributed by atoms with Gasteiger partial charge in [-0.15, -0.1) is 36.4 Å². The van der Waals surface area contributed by atoms with Crippen LogP contribution in [0.5, 0.6) is 23.3 Å². The maximum Gasteiger partial charge on any atom is 2.00 e. The molecular formula is C36H32FN3O2Pt. The predicted molar refractivity (Wildman–Crippen MR) is 164 cm³/mol. The van der Waals surface area contributed by atoms with E-state index in [-0.39, 0.29) is 37.7 Å². The molecular weight excluding hydrogens is 720 g/mol. The van der Waals surface area contributed by atoms with Gasteiger partial charge in [0.2, 0.25) is 11.8 Å². The second-order valence-electron chi connectivity index (χ2n) is 12.4. The Balaban J connectivity index is 0.00000368. The molecule has 0 radical (unpaired) electrons. The van der Waals surface area contributed by atoms with Gasteiger partial charge in [-0.3, -0.25) is 0 Å². The molecule has 6 aromatic rings. The summed E-state index contributed by atoms with van der Waals surface area (Å²) in [6.07, 6.45) is 3.52. The van der Waals surface area contributed by atoms with Crippen molar-refractivity contribution in [1.82, 2.24) is 14.5 Å². The van der Waals surface area contributed by atoms with E-state index in [1.54, 1.807) is 24.5 Å². The number of hydrogen-bond donors (Lipinski definition) is 0. The van der Waals surface area contributed by atoms with E-state index in [4.69, 9.17) is 9.47 Å². The van der Waals surface area contributed by atoms with E-state index < -0.39 is 0 Å². The second kappa shape index (κ2) is 11.6. The van der Waals surface area contributed by atoms with Crippen LogP contribution in [0.15, 0.2) is 85.2 Å². The summed E-state index contributed by atoms with van der Waals surface area (Å²) in [6.45, 7) is 12.9. The van der Waals surface area contributed by atoms with Crippen molar-refractivity contribution in [2.45, 2.75) is 52.4 Å². The molecule has 0 saturated carbocycles. The van der Waals surface area contributed by atoms with Crippen molar-refractivity contribution in [3.8, 4) is 28.9 Å². The van der Waals surface area contributed by atoms with E-state index in [0.29, 0.717) is 23.3 Å². The zero-order chi connectivity index (χ0) is 29.6. The van der Waals surface area contributed by atoms with Crippen LogP contribution >= 0.6 is 0 Å². The Morgan fingerprint density at radius 1 is 0.628 bits per heavy atom. The van der Waals surface area contributed by atoms with Crippen LogP contribution in [0, 0.1) is 17.9 Å². The summed E-state index contributed by atoms with van der Waals surface area (Å²) in [5.74, 6) is 1.76. The van der Waals surface area contributed by atoms with Crippen molar-refractivity contribution in [3.63, 3.8) is 0 Å². The Morgan fingerprint density at radius 3 is 1.49 bits per heavy atom. The normalized spacial score (nSPS) is 11.9. The molecule has 7 heteroatoms. The van der Waals surface area contributed by atoms with Crippen LogP contribution in [-0.2, 0) is 31.9 Å². The molecule has 3 aromatic heterocycles. The number of halogens is 1. The number of nitrogens with zero attached hydrogens (tertiary/aromatic N) is 3. The van der Waals surface area contributed by atoms with E-state index in [0.717, 1.165) is 38.6 Å². The third-order valence-corrected chi connectivity index (χ3v) is 7.24. The number of rotatable bonds is 5. The molecule has 0 atom stereocenters. The summed E-state index contributed by atoms with van der Waals surface area (Å²) in [6, 6.07) is 28.9. The summed E-state index contributed by atoms with van der Waals surface area (Å²) in [5, 5.41) is 1.58. The molecule has 0 bridgehead atoms. The Bertz CT molecular complexity index is 1800. The molecule has 0 aliphatic rings. The maximum atomic E-state index is 13.8.